The molecule has 0 aliphatic heterocycles. The molecule has 29 heavy (non-hydrogen) atoms. The molecule has 160 valence electrons. The van der Waals surface area contributed by atoms with Crippen molar-refractivity contribution in [1.29, 1.82) is 0 Å². The first-order valence-corrected chi connectivity index (χ1v) is 10.0. The molecule has 1 aromatic carbocycles. The number of benzene rings is 1. The molecule has 0 fully saturated rings. The lowest BCUT2D eigenvalue weighted by atomic mass is 9.61. The van der Waals surface area contributed by atoms with E-state index >= 15 is 0 Å². The maximum Gasteiger partial charge on any atom is 0.308 e. The summed E-state index contributed by atoms with van der Waals surface area (Å²) in [7, 11) is 1.27. The third kappa shape index (κ3) is 6.51. The molecular formula is C24H33FO4. The number of hydrogen-bond donors (Lipinski definition) is 2. The highest BCUT2D eigenvalue weighted by Gasteiger charge is 2.38. The molecule has 5 heteroatoms. The predicted octanol–water partition coefficient (Wildman–Crippen LogP) is 4.66. The highest BCUT2D eigenvalue weighted by atomic mass is 19.1. The molecule has 0 radical (unpaired) electrons. The van der Waals surface area contributed by atoms with Crippen LogP contribution in [0.5, 0.6) is 0 Å². The Bertz CT molecular complexity index is 775. The summed E-state index contributed by atoms with van der Waals surface area (Å²) >= 11 is 0. The minimum atomic E-state index is -0.967. The molecule has 0 spiro atoms. The van der Waals surface area contributed by atoms with Gasteiger partial charge in [0.1, 0.15) is 5.82 Å². The van der Waals surface area contributed by atoms with E-state index in [2.05, 4.69) is 32.4 Å². The molecule has 1 aliphatic carbocycles. The molecule has 0 aromatic heterocycles. The number of rotatable bonds is 7. The van der Waals surface area contributed by atoms with E-state index in [9.17, 15) is 19.4 Å². The molecule has 0 saturated heterocycles. The summed E-state index contributed by atoms with van der Waals surface area (Å²) in [6, 6.07) is 6.53. The lowest BCUT2D eigenvalue weighted by Crippen LogP contribution is -2.30. The van der Waals surface area contributed by atoms with Gasteiger partial charge in [0.25, 0.3) is 0 Å². The number of carbonyl (C=O) groups is 1. The molecule has 0 amide bonds. The van der Waals surface area contributed by atoms with Gasteiger partial charge >= 0.3 is 5.97 Å². The maximum atomic E-state index is 13.4. The van der Waals surface area contributed by atoms with E-state index in [-0.39, 0.29) is 29.5 Å². The zero-order valence-corrected chi connectivity index (χ0v) is 18.0. The second-order valence-electron chi connectivity index (χ2n) is 9.40. The number of carbonyl (C=O) groups excluding carboxylic acids is 1. The average molecular weight is 405 g/mol. The van der Waals surface area contributed by atoms with Gasteiger partial charge in [0.15, 0.2) is 0 Å². The quantitative estimate of drug-likeness (QED) is 0.649. The number of hydrogen-bond acceptors (Lipinski definition) is 4. The molecule has 4 nitrogen and oxygen atoms in total. The molecular weight excluding hydrogens is 371 g/mol. The zero-order valence-electron chi connectivity index (χ0n) is 18.0. The Morgan fingerprint density at radius 1 is 1.21 bits per heavy atom. The SMILES string of the molecule is COC(=O)CC(O)CC(O)/C=C/C1=C(c2ccc(F)cc2)CC(C)(C)CC1(C)C. The molecule has 2 rings (SSSR count). The second-order valence-corrected chi connectivity index (χ2v) is 9.40. The Balaban J connectivity index is 2.31. The standard InChI is InChI=1S/C24H33FO4/c1-23(2)14-20(16-6-8-17(25)9-7-16)21(24(3,4)15-23)11-10-18(26)12-19(27)13-22(28)29-5/h6-11,18-19,26-27H,12-15H2,1-5H3/b11-10+. The van der Waals surface area contributed by atoms with Crippen LogP contribution in [0.15, 0.2) is 42.0 Å². The van der Waals surface area contributed by atoms with Crippen molar-refractivity contribution in [2.45, 2.75) is 65.6 Å². The van der Waals surface area contributed by atoms with Crippen molar-refractivity contribution >= 4 is 11.5 Å². The largest absolute Gasteiger partial charge is 0.469 e. The fourth-order valence-corrected chi connectivity index (χ4v) is 4.49. The van der Waals surface area contributed by atoms with Crippen LogP contribution in [0.25, 0.3) is 5.57 Å². The van der Waals surface area contributed by atoms with E-state index in [0.29, 0.717) is 0 Å². The maximum absolute atomic E-state index is 13.4. The van der Waals surface area contributed by atoms with Crippen molar-refractivity contribution in [3.05, 3.63) is 53.4 Å². The Hall–Kier alpha value is -1.98. The van der Waals surface area contributed by atoms with Crippen molar-refractivity contribution < 1.29 is 24.1 Å². The Morgan fingerprint density at radius 3 is 2.41 bits per heavy atom. The van der Waals surface area contributed by atoms with E-state index in [1.165, 1.54) is 19.2 Å². The topological polar surface area (TPSA) is 66.8 Å². The van der Waals surface area contributed by atoms with Crippen molar-refractivity contribution in [1.82, 2.24) is 0 Å². The third-order valence-electron chi connectivity index (χ3n) is 5.45. The normalized spacial score (nSPS) is 20.6. The minimum absolute atomic E-state index is 0.0523. The van der Waals surface area contributed by atoms with Crippen LogP contribution >= 0.6 is 0 Å². The summed E-state index contributed by atoms with van der Waals surface area (Å²) < 4.78 is 18.0. The van der Waals surface area contributed by atoms with Gasteiger partial charge in [0.05, 0.1) is 25.7 Å². The molecule has 0 saturated carbocycles. The number of aliphatic hydroxyl groups excluding tert-OH is 2. The van der Waals surface area contributed by atoms with Crippen molar-refractivity contribution in [2.75, 3.05) is 7.11 Å². The summed E-state index contributed by atoms with van der Waals surface area (Å²) in [5, 5.41) is 20.3. The molecule has 2 unspecified atom stereocenters. The minimum Gasteiger partial charge on any atom is -0.469 e. The molecule has 2 atom stereocenters. The fourth-order valence-electron chi connectivity index (χ4n) is 4.49. The summed E-state index contributed by atoms with van der Waals surface area (Å²) in [6.45, 7) is 8.82. The smallest absolute Gasteiger partial charge is 0.308 e. The monoisotopic (exact) mass is 404 g/mol. The first kappa shape index (κ1) is 23.3. The van der Waals surface area contributed by atoms with Crippen LogP contribution in [0.3, 0.4) is 0 Å². The summed E-state index contributed by atoms with van der Waals surface area (Å²) in [4.78, 5) is 11.3. The van der Waals surface area contributed by atoms with E-state index in [4.69, 9.17) is 0 Å². The second kappa shape index (κ2) is 9.23. The number of methoxy groups -OCH3 is 1. The number of ether oxygens (including phenoxy) is 1. The number of esters is 1. The van der Waals surface area contributed by atoms with Gasteiger partial charge in [0.2, 0.25) is 0 Å². The Kier molecular flexibility index (Phi) is 7.41. The molecule has 0 bridgehead atoms. The van der Waals surface area contributed by atoms with Crippen molar-refractivity contribution in [3.63, 3.8) is 0 Å². The van der Waals surface area contributed by atoms with E-state index in [0.717, 1.165) is 29.6 Å². The van der Waals surface area contributed by atoms with Crippen molar-refractivity contribution in [2.24, 2.45) is 10.8 Å². The van der Waals surface area contributed by atoms with Gasteiger partial charge in [-0.25, -0.2) is 4.39 Å². The molecule has 1 aliphatic rings. The Labute approximate surface area is 173 Å². The van der Waals surface area contributed by atoms with Gasteiger partial charge < -0.3 is 14.9 Å². The van der Waals surface area contributed by atoms with Gasteiger partial charge in [0, 0.05) is 6.42 Å². The van der Waals surface area contributed by atoms with Gasteiger partial charge in [-0.2, -0.15) is 0 Å². The van der Waals surface area contributed by atoms with Crippen LogP contribution in [0.4, 0.5) is 4.39 Å². The average Bonchev–Trinajstić information content (AvgIpc) is 2.59. The van der Waals surface area contributed by atoms with E-state index in [1.807, 2.05) is 6.08 Å². The zero-order chi connectivity index (χ0) is 21.8. The van der Waals surface area contributed by atoms with Gasteiger partial charge in [-0.1, -0.05) is 52.0 Å². The summed E-state index contributed by atoms with van der Waals surface area (Å²) in [5.74, 6) is -0.776. The molecule has 1 aromatic rings. The van der Waals surface area contributed by atoms with E-state index in [1.54, 1.807) is 18.2 Å². The highest BCUT2D eigenvalue weighted by molar-refractivity contribution is 5.73. The molecule has 2 N–H and O–H groups in total. The lowest BCUT2D eigenvalue weighted by molar-refractivity contribution is -0.143. The van der Waals surface area contributed by atoms with Crippen LogP contribution in [-0.2, 0) is 9.53 Å². The van der Waals surface area contributed by atoms with Crippen LogP contribution in [0.2, 0.25) is 0 Å². The predicted molar refractivity (Wildman–Crippen MR) is 113 cm³/mol. The Morgan fingerprint density at radius 2 is 1.83 bits per heavy atom. The first-order chi connectivity index (χ1) is 13.4. The molecule has 0 heterocycles. The van der Waals surface area contributed by atoms with Crippen LogP contribution in [0, 0.1) is 16.6 Å². The third-order valence-corrected chi connectivity index (χ3v) is 5.45. The fraction of sp³-hybridized carbons (Fsp3) is 0.542. The number of aliphatic hydroxyl groups is 2. The van der Waals surface area contributed by atoms with Crippen LogP contribution in [-0.4, -0.2) is 35.5 Å². The highest BCUT2D eigenvalue weighted by Crippen LogP contribution is 2.52. The van der Waals surface area contributed by atoms with Gasteiger partial charge in [-0.15, -0.1) is 0 Å². The van der Waals surface area contributed by atoms with Crippen LogP contribution < -0.4 is 0 Å². The lowest BCUT2D eigenvalue weighted by Gasteiger charge is -2.43. The summed E-state index contributed by atoms with van der Waals surface area (Å²) in [6.07, 6.45) is 3.46. The van der Waals surface area contributed by atoms with Crippen molar-refractivity contribution in [3.8, 4) is 0 Å². The van der Waals surface area contributed by atoms with Gasteiger partial charge in [-0.05, 0) is 52.5 Å². The van der Waals surface area contributed by atoms with E-state index < -0.39 is 18.2 Å². The summed E-state index contributed by atoms with van der Waals surface area (Å²) in [5.41, 5.74) is 3.19. The first-order valence-electron chi connectivity index (χ1n) is 10.0. The number of allylic oxidation sites excluding steroid dienone is 3. The van der Waals surface area contributed by atoms with Crippen LogP contribution in [0.1, 0.15) is 58.9 Å². The van der Waals surface area contributed by atoms with Gasteiger partial charge in [-0.3, -0.25) is 4.79 Å². The number of halogens is 1.